The van der Waals surface area contributed by atoms with Crippen LogP contribution in [0.4, 0.5) is 0 Å². The molecule has 1 aromatic rings. The third-order valence-electron chi connectivity index (χ3n) is 5.23. The Morgan fingerprint density at radius 2 is 1.92 bits per heavy atom. The van der Waals surface area contributed by atoms with E-state index in [4.69, 9.17) is 0 Å². The number of carbonyl (C=O) groups excluding carboxylic acids is 1. The smallest absolute Gasteiger partial charge is 0.255 e. The van der Waals surface area contributed by atoms with Crippen molar-refractivity contribution in [3.63, 3.8) is 0 Å². The van der Waals surface area contributed by atoms with E-state index in [1.807, 2.05) is 13.0 Å². The van der Waals surface area contributed by atoms with Gasteiger partial charge in [-0.1, -0.05) is 6.42 Å². The molecule has 0 N–H and O–H groups in total. The predicted octanol–water partition coefficient (Wildman–Crippen LogP) is 0.962. The van der Waals surface area contributed by atoms with Gasteiger partial charge in [0.05, 0.1) is 17.9 Å². The molecular weight excluding hydrogens is 352 g/mol. The number of piperidine rings is 1. The van der Waals surface area contributed by atoms with E-state index in [2.05, 4.69) is 9.88 Å². The number of hydrogen-bond donors (Lipinski definition) is 0. The number of sulfonamides is 1. The van der Waals surface area contributed by atoms with Crippen LogP contribution in [-0.4, -0.2) is 85.0 Å². The lowest BCUT2D eigenvalue weighted by atomic mass is 10.1. The van der Waals surface area contributed by atoms with Crippen LogP contribution in [0.25, 0.3) is 0 Å². The largest absolute Gasteiger partial charge is 0.335 e. The second-order valence-corrected chi connectivity index (χ2v) is 9.26. The standard InChI is InChI=1S/C18H28N4O3S/c1-15-6-7-16(12-19-15)18(23)21-13-17(14-21)22(26(2,24)25)11-10-20-8-4-3-5-9-20/h6-7,12,17H,3-5,8-11,13-14H2,1-2H3. The summed E-state index contributed by atoms with van der Waals surface area (Å²) in [5, 5.41) is 0. The van der Waals surface area contributed by atoms with Crippen molar-refractivity contribution in [3.8, 4) is 0 Å². The van der Waals surface area contributed by atoms with Gasteiger partial charge in [-0.05, 0) is 45.0 Å². The monoisotopic (exact) mass is 380 g/mol. The molecule has 2 fully saturated rings. The van der Waals surface area contributed by atoms with Gasteiger partial charge < -0.3 is 9.80 Å². The van der Waals surface area contributed by atoms with Crippen LogP contribution in [0.15, 0.2) is 18.3 Å². The summed E-state index contributed by atoms with van der Waals surface area (Å²) < 4.78 is 26.0. The Morgan fingerprint density at radius 1 is 1.23 bits per heavy atom. The summed E-state index contributed by atoms with van der Waals surface area (Å²) in [6.07, 6.45) is 6.48. The van der Waals surface area contributed by atoms with Crippen LogP contribution in [0.5, 0.6) is 0 Å². The lowest BCUT2D eigenvalue weighted by Gasteiger charge is -2.44. The lowest BCUT2D eigenvalue weighted by Crippen LogP contribution is -2.63. The average Bonchev–Trinajstić information content (AvgIpc) is 2.56. The molecule has 0 aliphatic carbocycles. The Kier molecular flexibility index (Phi) is 5.94. The second-order valence-electron chi connectivity index (χ2n) is 7.33. The van der Waals surface area contributed by atoms with Crippen molar-refractivity contribution >= 4 is 15.9 Å². The Balaban J connectivity index is 1.56. The van der Waals surface area contributed by atoms with Crippen LogP contribution >= 0.6 is 0 Å². The zero-order chi connectivity index (χ0) is 18.7. The first kappa shape index (κ1) is 19.3. The van der Waals surface area contributed by atoms with E-state index in [1.54, 1.807) is 21.5 Å². The molecule has 0 unspecified atom stereocenters. The van der Waals surface area contributed by atoms with E-state index in [0.29, 0.717) is 25.2 Å². The lowest BCUT2D eigenvalue weighted by molar-refractivity contribution is 0.0437. The summed E-state index contributed by atoms with van der Waals surface area (Å²) in [7, 11) is -3.29. The van der Waals surface area contributed by atoms with Gasteiger partial charge in [-0.15, -0.1) is 0 Å². The quantitative estimate of drug-likeness (QED) is 0.735. The first-order chi connectivity index (χ1) is 12.3. The van der Waals surface area contributed by atoms with E-state index in [-0.39, 0.29) is 11.9 Å². The first-order valence-corrected chi connectivity index (χ1v) is 11.1. The minimum atomic E-state index is -3.29. The van der Waals surface area contributed by atoms with Gasteiger partial charge in [0, 0.05) is 38.1 Å². The minimum Gasteiger partial charge on any atom is -0.335 e. The van der Waals surface area contributed by atoms with Crippen LogP contribution in [0.1, 0.15) is 35.3 Å². The molecule has 0 bridgehead atoms. The fourth-order valence-corrected chi connectivity index (χ4v) is 4.71. The molecule has 144 valence electrons. The van der Waals surface area contributed by atoms with E-state index in [1.165, 1.54) is 25.5 Å². The molecule has 1 amide bonds. The van der Waals surface area contributed by atoms with Gasteiger partial charge in [0.15, 0.2) is 0 Å². The Labute approximate surface area is 156 Å². The SMILES string of the molecule is Cc1ccc(C(=O)N2CC(N(CCN3CCCCC3)S(C)(=O)=O)C2)cn1. The maximum absolute atomic E-state index is 12.5. The maximum Gasteiger partial charge on any atom is 0.255 e. The molecule has 2 saturated heterocycles. The fraction of sp³-hybridized carbons (Fsp3) is 0.667. The van der Waals surface area contributed by atoms with Gasteiger partial charge in [-0.25, -0.2) is 8.42 Å². The molecule has 2 aliphatic rings. The van der Waals surface area contributed by atoms with Crippen LogP contribution in [0.3, 0.4) is 0 Å². The number of likely N-dealkylation sites (tertiary alicyclic amines) is 2. The van der Waals surface area contributed by atoms with E-state index in [9.17, 15) is 13.2 Å². The van der Waals surface area contributed by atoms with Crippen molar-refractivity contribution in [2.24, 2.45) is 0 Å². The Bertz CT molecular complexity index is 723. The molecule has 7 nitrogen and oxygen atoms in total. The van der Waals surface area contributed by atoms with Crippen molar-refractivity contribution in [2.45, 2.75) is 32.2 Å². The van der Waals surface area contributed by atoms with E-state index in [0.717, 1.165) is 25.3 Å². The summed E-state index contributed by atoms with van der Waals surface area (Å²) in [5.41, 5.74) is 1.41. The Hall–Kier alpha value is -1.51. The van der Waals surface area contributed by atoms with Crippen LogP contribution in [0.2, 0.25) is 0 Å². The van der Waals surface area contributed by atoms with Crippen molar-refractivity contribution in [2.75, 3.05) is 45.5 Å². The second kappa shape index (κ2) is 8.02. The summed E-state index contributed by atoms with van der Waals surface area (Å²) >= 11 is 0. The van der Waals surface area contributed by atoms with Crippen molar-refractivity contribution < 1.29 is 13.2 Å². The van der Waals surface area contributed by atoms with Crippen LogP contribution in [0, 0.1) is 6.92 Å². The molecule has 3 heterocycles. The summed E-state index contributed by atoms with van der Waals surface area (Å²) in [5.74, 6) is -0.0850. The molecule has 0 radical (unpaired) electrons. The van der Waals surface area contributed by atoms with Gasteiger partial charge in [-0.3, -0.25) is 9.78 Å². The minimum absolute atomic E-state index is 0.0850. The molecule has 0 atom stereocenters. The number of aryl methyl sites for hydroxylation is 1. The normalized spacial score (nSPS) is 19.6. The third-order valence-corrected chi connectivity index (χ3v) is 6.56. The highest BCUT2D eigenvalue weighted by Gasteiger charge is 2.39. The molecule has 2 aliphatic heterocycles. The summed E-state index contributed by atoms with van der Waals surface area (Å²) in [6.45, 7) is 6.12. The molecular formula is C18H28N4O3S. The average molecular weight is 381 g/mol. The molecule has 0 saturated carbocycles. The molecule has 1 aromatic heterocycles. The molecule has 26 heavy (non-hydrogen) atoms. The first-order valence-electron chi connectivity index (χ1n) is 9.26. The highest BCUT2D eigenvalue weighted by atomic mass is 32.2. The van der Waals surface area contributed by atoms with Crippen molar-refractivity contribution in [1.82, 2.24) is 19.1 Å². The number of aromatic nitrogens is 1. The van der Waals surface area contributed by atoms with Gasteiger partial charge in [-0.2, -0.15) is 4.31 Å². The zero-order valence-corrected chi connectivity index (χ0v) is 16.4. The van der Waals surface area contributed by atoms with Crippen LogP contribution < -0.4 is 0 Å². The summed E-state index contributed by atoms with van der Waals surface area (Å²) in [6, 6.07) is 3.45. The third kappa shape index (κ3) is 4.61. The number of rotatable bonds is 6. The highest BCUT2D eigenvalue weighted by Crippen LogP contribution is 2.20. The maximum atomic E-state index is 12.5. The number of hydrogen-bond acceptors (Lipinski definition) is 5. The van der Waals surface area contributed by atoms with Gasteiger partial charge in [0.25, 0.3) is 5.91 Å². The number of nitrogens with zero attached hydrogens (tertiary/aromatic N) is 4. The fourth-order valence-electron chi connectivity index (χ4n) is 3.62. The van der Waals surface area contributed by atoms with Crippen LogP contribution in [-0.2, 0) is 10.0 Å². The Morgan fingerprint density at radius 3 is 2.50 bits per heavy atom. The van der Waals surface area contributed by atoms with Gasteiger partial charge >= 0.3 is 0 Å². The van der Waals surface area contributed by atoms with Crippen molar-refractivity contribution in [3.05, 3.63) is 29.6 Å². The molecule has 0 spiro atoms. The molecule has 8 heteroatoms. The molecule has 3 rings (SSSR count). The molecule has 0 aromatic carbocycles. The van der Waals surface area contributed by atoms with Gasteiger partial charge in [0.1, 0.15) is 0 Å². The highest BCUT2D eigenvalue weighted by molar-refractivity contribution is 7.88. The summed E-state index contributed by atoms with van der Waals surface area (Å²) in [4.78, 5) is 20.7. The number of carbonyl (C=O) groups is 1. The van der Waals surface area contributed by atoms with Gasteiger partial charge in [0.2, 0.25) is 10.0 Å². The van der Waals surface area contributed by atoms with E-state index >= 15 is 0 Å². The predicted molar refractivity (Wildman–Crippen MR) is 101 cm³/mol. The zero-order valence-electron chi connectivity index (χ0n) is 15.6. The van der Waals surface area contributed by atoms with Crippen molar-refractivity contribution in [1.29, 1.82) is 0 Å². The van der Waals surface area contributed by atoms with E-state index < -0.39 is 10.0 Å². The number of pyridine rings is 1. The topological polar surface area (TPSA) is 73.8 Å². The number of amides is 1.